The molecule has 1 aromatic rings. The monoisotopic (exact) mass is 428 g/mol. The quantitative estimate of drug-likeness (QED) is 0.689. The van der Waals surface area contributed by atoms with Crippen LogP contribution < -0.4 is 5.32 Å². The lowest BCUT2D eigenvalue weighted by Crippen LogP contribution is -2.30. The molecule has 3 rings (SSSR count). The third-order valence-corrected chi connectivity index (χ3v) is 6.41. The van der Waals surface area contributed by atoms with Gasteiger partial charge in [0.1, 0.15) is 13.2 Å². The Kier molecular flexibility index (Phi) is 7.02. The van der Waals surface area contributed by atoms with Gasteiger partial charge in [-0.3, -0.25) is 9.58 Å². The predicted molar refractivity (Wildman–Crippen MR) is 109 cm³/mol. The van der Waals surface area contributed by atoms with Gasteiger partial charge in [0.05, 0.1) is 18.7 Å². The van der Waals surface area contributed by atoms with Crippen molar-refractivity contribution in [2.75, 3.05) is 41.0 Å². The predicted octanol–water partition coefficient (Wildman–Crippen LogP) is 3.17. The lowest BCUT2D eigenvalue weighted by Gasteiger charge is -2.37. The minimum absolute atomic E-state index is 0.152. The van der Waals surface area contributed by atoms with Crippen LogP contribution in [0.25, 0.3) is 0 Å². The molecule has 30 heavy (non-hydrogen) atoms. The number of amides is 1. The smallest absolute Gasteiger partial charge is 0.406 e. The number of fused-ring (bicyclic) bond motifs is 1. The summed E-state index contributed by atoms with van der Waals surface area (Å²) >= 11 is 0. The number of rotatable bonds is 8. The molecule has 2 aliphatic rings. The van der Waals surface area contributed by atoms with Gasteiger partial charge in [0.15, 0.2) is 0 Å². The Bertz CT molecular complexity index is 745. The molecule has 2 heterocycles. The fourth-order valence-electron chi connectivity index (χ4n) is 4.79. The maximum absolute atomic E-state index is 14.1. The SMILES string of the molecule is CNC(=O)OCCN(C)Cc1nn2c(c1C1CCC(C)(COC)CC1)CC(F)(F)C2. The van der Waals surface area contributed by atoms with Gasteiger partial charge in [-0.25, -0.2) is 13.6 Å². The number of likely N-dealkylation sites (N-methyl/N-ethyl adjacent to an activating group) is 1. The van der Waals surface area contributed by atoms with E-state index in [1.807, 2.05) is 11.9 Å². The van der Waals surface area contributed by atoms with Gasteiger partial charge < -0.3 is 14.8 Å². The molecule has 0 aromatic carbocycles. The number of hydrogen-bond acceptors (Lipinski definition) is 5. The Balaban J connectivity index is 1.72. The van der Waals surface area contributed by atoms with E-state index in [0.717, 1.165) is 43.5 Å². The zero-order chi connectivity index (χ0) is 21.9. The van der Waals surface area contributed by atoms with Crippen molar-refractivity contribution in [3.05, 3.63) is 17.0 Å². The van der Waals surface area contributed by atoms with Crippen LogP contribution >= 0.6 is 0 Å². The van der Waals surface area contributed by atoms with E-state index in [1.165, 1.54) is 11.7 Å². The summed E-state index contributed by atoms with van der Waals surface area (Å²) in [4.78, 5) is 13.2. The number of hydrogen-bond donors (Lipinski definition) is 1. The lowest BCUT2D eigenvalue weighted by atomic mass is 9.70. The van der Waals surface area contributed by atoms with E-state index in [-0.39, 0.29) is 30.9 Å². The van der Waals surface area contributed by atoms with Crippen LogP contribution in [-0.4, -0.2) is 67.7 Å². The summed E-state index contributed by atoms with van der Waals surface area (Å²) in [5.74, 6) is -2.47. The van der Waals surface area contributed by atoms with E-state index in [1.54, 1.807) is 7.11 Å². The van der Waals surface area contributed by atoms with Crippen molar-refractivity contribution in [3.8, 4) is 0 Å². The molecular formula is C21H34F2N4O3. The zero-order valence-corrected chi connectivity index (χ0v) is 18.5. The fraction of sp³-hybridized carbons (Fsp3) is 0.810. The molecule has 170 valence electrons. The number of nitrogens with zero attached hydrogens (tertiary/aromatic N) is 3. The highest BCUT2D eigenvalue weighted by atomic mass is 19.3. The molecular weight excluding hydrogens is 394 g/mol. The van der Waals surface area contributed by atoms with Crippen LogP contribution in [0.15, 0.2) is 0 Å². The molecule has 0 atom stereocenters. The van der Waals surface area contributed by atoms with E-state index in [9.17, 15) is 13.6 Å². The molecule has 0 radical (unpaired) electrons. The third kappa shape index (κ3) is 5.29. The largest absolute Gasteiger partial charge is 0.448 e. The van der Waals surface area contributed by atoms with E-state index < -0.39 is 12.0 Å². The number of carbonyl (C=O) groups is 1. The minimum Gasteiger partial charge on any atom is -0.448 e. The van der Waals surface area contributed by atoms with Gasteiger partial charge in [-0.2, -0.15) is 5.10 Å². The van der Waals surface area contributed by atoms with Gasteiger partial charge in [-0.15, -0.1) is 0 Å². The van der Waals surface area contributed by atoms with Gasteiger partial charge in [0, 0.05) is 38.5 Å². The van der Waals surface area contributed by atoms with Crippen LogP contribution in [0.1, 0.15) is 55.5 Å². The van der Waals surface area contributed by atoms with Crippen molar-refractivity contribution in [3.63, 3.8) is 0 Å². The van der Waals surface area contributed by atoms with Crippen molar-refractivity contribution >= 4 is 6.09 Å². The van der Waals surface area contributed by atoms with Gasteiger partial charge in [-0.05, 0) is 44.1 Å². The first-order valence-corrected chi connectivity index (χ1v) is 10.6. The molecule has 1 aromatic heterocycles. The van der Waals surface area contributed by atoms with Gasteiger partial charge in [-0.1, -0.05) is 6.92 Å². The molecule has 1 aliphatic heterocycles. The Morgan fingerprint density at radius 1 is 1.37 bits per heavy atom. The second-order valence-corrected chi connectivity index (χ2v) is 9.14. The molecule has 9 heteroatoms. The molecule has 1 saturated carbocycles. The highest BCUT2D eigenvalue weighted by Gasteiger charge is 2.43. The molecule has 7 nitrogen and oxygen atoms in total. The number of alkyl carbamates (subject to hydrolysis) is 1. The first-order valence-electron chi connectivity index (χ1n) is 10.6. The second kappa shape index (κ2) is 9.18. The Hall–Kier alpha value is -1.74. The molecule has 1 N–H and O–H groups in total. The standard InChI is InChI=1S/C21H34F2N4O3/c1-20(14-29-4)7-5-15(6-8-20)18-16(12-26(3)9-10-30-19(28)24-2)25-27-13-21(22,23)11-17(18)27/h15H,5-14H2,1-4H3,(H,24,28). The average Bonchev–Trinajstić information content (AvgIpc) is 3.13. The number of alkyl halides is 2. The molecule has 1 amide bonds. The fourth-order valence-corrected chi connectivity index (χ4v) is 4.79. The molecule has 0 unspecified atom stereocenters. The molecule has 0 bridgehead atoms. The minimum atomic E-state index is -2.72. The highest BCUT2D eigenvalue weighted by Crippen LogP contribution is 2.46. The van der Waals surface area contributed by atoms with E-state index in [0.29, 0.717) is 18.8 Å². The normalized spacial score (nSPS) is 25.4. The van der Waals surface area contributed by atoms with Crippen LogP contribution in [0, 0.1) is 5.41 Å². The van der Waals surface area contributed by atoms with Gasteiger partial charge in [0.2, 0.25) is 0 Å². The summed E-state index contributed by atoms with van der Waals surface area (Å²) in [7, 11) is 5.17. The average molecular weight is 429 g/mol. The summed E-state index contributed by atoms with van der Waals surface area (Å²) in [5, 5.41) is 7.00. The van der Waals surface area contributed by atoms with Crippen molar-refractivity contribution in [1.82, 2.24) is 20.0 Å². The Labute approximate surface area is 177 Å². The van der Waals surface area contributed by atoms with Gasteiger partial charge in [0.25, 0.3) is 5.92 Å². The maximum atomic E-state index is 14.1. The first-order chi connectivity index (χ1) is 14.2. The number of methoxy groups -OCH3 is 1. The topological polar surface area (TPSA) is 68.6 Å². The molecule has 1 aliphatic carbocycles. The highest BCUT2D eigenvalue weighted by molar-refractivity contribution is 5.66. The van der Waals surface area contributed by atoms with Crippen molar-refractivity contribution in [2.45, 2.75) is 64.0 Å². The van der Waals surface area contributed by atoms with Crippen LogP contribution in [0.4, 0.5) is 13.6 Å². The summed E-state index contributed by atoms with van der Waals surface area (Å²) < 4.78 is 40.1. The summed E-state index contributed by atoms with van der Waals surface area (Å²) in [6.07, 6.45) is 3.25. The van der Waals surface area contributed by atoms with Crippen LogP contribution in [0.2, 0.25) is 0 Å². The Morgan fingerprint density at radius 2 is 2.07 bits per heavy atom. The number of aromatic nitrogens is 2. The molecule has 1 fully saturated rings. The summed E-state index contributed by atoms with van der Waals surface area (Å²) in [6.45, 7) is 3.98. The van der Waals surface area contributed by atoms with E-state index >= 15 is 0 Å². The van der Waals surface area contributed by atoms with Crippen molar-refractivity contribution in [2.24, 2.45) is 5.41 Å². The van der Waals surface area contributed by atoms with E-state index in [2.05, 4.69) is 17.3 Å². The number of halogens is 2. The molecule has 0 saturated heterocycles. The first kappa shape index (κ1) is 22.9. The third-order valence-electron chi connectivity index (χ3n) is 6.41. The zero-order valence-electron chi connectivity index (χ0n) is 18.5. The van der Waals surface area contributed by atoms with Gasteiger partial charge >= 0.3 is 6.09 Å². The summed E-state index contributed by atoms with van der Waals surface area (Å²) in [6, 6.07) is 0. The summed E-state index contributed by atoms with van der Waals surface area (Å²) in [5.41, 5.74) is 2.75. The van der Waals surface area contributed by atoms with Crippen LogP contribution in [0.3, 0.4) is 0 Å². The van der Waals surface area contributed by atoms with Crippen LogP contribution in [0.5, 0.6) is 0 Å². The number of carbonyl (C=O) groups excluding carboxylic acids is 1. The molecule has 0 spiro atoms. The van der Waals surface area contributed by atoms with E-state index in [4.69, 9.17) is 9.47 Å². The number of nitrogens with one attached hydrogen (secondary N) is 1. The van der Waals surface area contributed by atoms with Crippen molar-refractivity contribution in [1.29, 1.82) is 0 Å². The van der Waals surface area contributed by atoms with Crippen LogP contribution in [-0.2, 0) is 29.0 Å². The Morgan fingerprint density at radius 3 is 2.70 bits per heavy atom. The lowest BCUT2D eigenvalue weighted by molar-refractivity contribution is 0.000604. The maximum Gasteiger partial charge on any atom is 0.406 e. The second-order valence-electron chi connectivity index (χ2n) is 9.14. The number of ether oxygens (including phenoxy) is 2. The van der Waals surface area contributed by atoms with Crippen molar-refractivity contribution < 1.29 is 23.0 Å².